The minimum absolute atomic E-state index is 0.0800. The second-order valence-corrected chi connectivity index (χ2v) is 4.72. The molecule has 100 valence electrons. The van der Waals surface area contributed by atoms with Crippen LogP contribution in [-0.4, -0.2) is 25.1 Å². The average Bonchev–Trinajstić information content (AvgIpc) is 2.83. The molecule has 0 spiro atoms. The topological polar surface area (TPSA) is 73.9 Å². The zero-order valence-electron chi connectivity index (χ0n) is 10.8. The van der Waals surface area contributed by atoms with E-state index >= 15 is 0 Å². The Morgan fingerprint density at radius 3 is 2.67 bits per heavy atom. The van der Waals surface area contributed by atoms with Gasteiger partial charge in [-0.2, -0.15) is 0 Å². The summed E-state index contributed by atoms with van der Waals surface area (Å²) < 4.78 is 15.9. The van der Waals surface area contributed by atoms with Crippen LogP contribution in [0, 0.1) is 5.92 Å². The summed E-state index contributed by atoms with van der Waals surface area (Å²) in [6.07, 6.45) is -0.616. The van der Waals surface area contributed by atoms with Crippen molar-refractivity contribution in [3.63, 3.8) is 0 Å². The van der Waals surface area contributed by atoms with Crippen molar-refractivity contribution in [2.24, 2.45) is 11.7 Å². The van der Waals surface area contributed by atoms with Crippen molar-refractivity contribution in [3.8, 4) is 17.2 Å². The van der Waals surface area contributed by atoms with Crippen molar-refractivity contribution in [1.82, 2.24) is 0 Å². The second kappa shape index (κ2) is 5.04. The van der Waals surface area contributed by atoms with Crippen LogP contribution in [0.3, 0.4) is 0 Å². The maximum atomic E-state index is 10.0. The monoisotopic (exact) mass is 253 g/mol. The smallest absolute Gasteiger partial charge is 0.231 e. The van der Waals surface area contributed by atoms with E-state index in [1.165, 1.54) is 0 Å². The summed E-state index contributed by atoms with van der Waals surface area (Å²) in [7, 11) is 1.56. The molecule has 0 saturated carbocycles. The third-order valence-electron chi connectivity index (χ3n) is 3.12. The Balaban J connectivity index is 2.34. The maximum Gasteiger partial charge on any atom is 0.231 e. The predicted molar refractivity (Wildman–Crippen MR) is 66.9 cm³/mol. The standard InChI is InChI=1S/C13H19NO4/c1-7(2)12(15)11(14)8-4-9(16-3)13-10(5-8)17-6-18-13/h4-5,7,11-12,15H,6,14H2,1-3H3/t11-,12+/m1/s1. The normalized spacial score (nSPS) is 16.8. The van der Waals surface area contributed by atoms with Crippen molar-refractivity contribution in [3.05, 3.63) is 17.7 Å². The van der Waals surface area contributed by atoms with Gasteiger partial charge >= 0.3 is 0 Å². The molecular formula is C13H19NO4. The van der Waals surface area contributed by atoms with E-state index in [9.17, 15) is 5.11 Å². The van der Waals surface area contributed by atoms with Gasteiger partial charge in [-0.3, -0.25) is 0 Å². The van der Waals surface area contributed by atoms with Crippen LogP contribution >= 0.6 is 0 Å². The Morgan fingerprint density at radius 2 is 2.06 bits per heavy atom. The van der Waals surface area contributed by atoms with E-state index in [4.69, 9.17) is 19.9 Å². The molecule has 0 bridgehead atoms. The van der Waals surface area contributed by atoms with Crippen molar-refractivity contribution in [2.75, 3.05) is 13.9 Å². The lowest BCUT2D eigenvalue weighted by atomic mass is 9.94. The number of fused-ring (bicyclic) bond motifs is 1. The number of hydrogen-bond acceptors (Lipinski definition) is 5. The van der Waals surface area contributed by atoms with Gasteiger partial charge in [0.1, 0.15) is 0 Å². The molecule has 3 N–H and O–H groups in total. The fourth-order valence-electron chi connectivity index (χ4n) is 1.95. The molecule has 18 heavy (non-hydrogen) atoms. The van der Waals surface area contributed by atoms with Crippen molar-refractivity contribution < 1.29 is 19.3 Å². The molecule has 0 unspecified atom stereocenters. The average molecular weight is 253 g/mol. The van der Waals surface area contributed by atoms with Gasteiger partial charge in [0.25, 0.3) is 0 Å². The number of rotatable bonds is 4. The van der Waals surface area contributed by atoms with Gasteiger partial charge in [0, 0.05) is 0 Å². The highest BCUT2D eigenvalue weighted by Gasteiger charge is 2.25. The molecule has 2 rings (SSSR count). The van der Waals surface area contributed by atoms with E-state index in [0.717, 1.165) is 5.56 Å². The molecule has 1 aromatic carbocycles. The van der Waals surface area contributed by atoms with E-state index in [1.807, 2.05) is 13.8 Å². The predicted octanol–water partition coefficient (Wildman–Crippen LogP) is 1.44. The number of aliphatic hydroxyl groups excluding tert-OH is 1. The van der Waals surface area contributed by atoms with Gasteiger partial charge in [-0.15, -0.1) is 0 Å². The molecule has 0 amide bonds. The first-order valence-corrected chi connectivity index (χ1v) is 5.95. The number of methoxy groups -OCH3 is 1. The lowest BCUT2D eigenvalue weighted by Crippen LogP contribution is -2.30. The van der Waals surface area contributed by atoms with Crippen LogP contribution in [0.4, 0.5) is 0 Å². The Kier molecular flexibility index (Phi) is 3.63. The third-order valence-corrected chi connectivity index (χ3v) is 3.12. The summed E-state index contributed by atoms with van der Waals surface area (Å²) in [4.78, 5) is 0. The Bertz CT molecular complexity index is 433. The Morgan fingerprint density at radius 1 is 1.33 bits per heavy atom. The highest BCUT2D eigenvalue weighted by Crippen LogP contribution is 2.43. The van der Waals surface area contributed by atoms with E-state index in [2.05, 4.69) is 0 Å². The first-order chi connectivity index (χ1) is 8.54. The molecule has 5 nitrogen and oxygen atoms in total. The van der Waals surface area contributed by atoms with Crippen LogP contribution in [0.1, 0.15) is 25.5 Å². The molecule has 0 radical (unpaired) electrons. The quantitative estimate of drug-likeness (QED) is 0.849. The van der Waals surface area contributed by atoms with Crippen LogP contribution in [0.25, 0.3) is 0 Å². The van der Waals surface area contributed by atoms with Crippen LogP contribution in [0.5, 0.6) is 17.2 Å². The first-order valence-electron chi connectivity index (χ1n) is 5.95. The molecule has 0 aliphatic carbocycles. The molecule has 0 aromatic heterocycles. The third kappa shape index (κ3) is 2.23. The van der Waals surface area contributed by atoms with Gasteiger partial charge in [-0.25, -0.2) is 0 Å². The minimum atomic E-state index is -0.616. The van der Waals surface area contributed by atoms with E-state index in [1.54, 1.807) is 19.2 Å². The van der Waals surface area contributed by atoms with Crippen LogP contribution in [0.2, 0.25) is 0 Å². The van der Waals surface area contributed by atoms with E-state index in [0.29, 0.717) is 17.2 Å². The van der Waals surface area contributed by atoms with Gasteiger partial charge < -0.3 is 25.1 Å². The number of nitrogens with two attached hydrogens (primary N) is 1. The summed E-state index contributed by atoms with van der Waals surface area (Å²) in [5.74, 6) is 1.85. The summed E-state index contributed by atoms with van der Waals surface area (Å²) in [6, 6.07) is 3.10. The van der Waals surface area contributed by atoms with E-state index in [-0.39, 0.29) is 12.7 Å². The zero-order chi connectivity index (χ0) is 13.3. The van der Waals surface area contributed by atoms with Gasteiger partial charge in [0.15, 0.2) is 11.5 Å². The minimum Gasteiger partial charge on any atom is -0.493 e. The van der Waals surface area contributed by atoms with Crippen LogP contribution in [0.15, 0.2) is 12.1 Å². The Labute approximate surface area is 106 Å². The maximum absolute atomic E-state index is 10.0. The highest BCUT2D eigenvalue weighted by atomic mass is 16.7. The van der Waals surface area contributed by atoms with Crippen molar-refractivity contribution in [2.45, 2.75) is 26.0 Å². The van der Waals surface area contributed by atoms with Crippen molar-refractivity contribution in [1.29, 1.82) is 0 Å². The molecule has 5 heteroatoms. The molecule has 1 heterocycles. The van der Waals surface area contributed by atoms with Crippen LogP contribution < -0.4 is 19.9 Å². The molecular weight excluding hydrogens is 234 g/mol. The lowest BCUT2D eigenvalue weighted by Gasteiger charge is -2.23. The summed E-state index contributed by atoms with van der Waals surface area (Å²) in [6.45, 7) is 4.03. The molecule has 0 saturated heterocycles. The van der Waals surface area contributed by atoms with E-state index < -0.39 is 12.1 Å². The summed E-state index contributed by atoms with van der Waals surface area (Å²) >= 11 is 0. The molecule has 2 atom stereocenters. The number of ether oxygens (including phenoxy) is 3. The largest absolute Gasteiger partial charge is 0.493 e. The SMILES string of the molecule is COc1cc([C@@H](N)[C@@H](O)C(C)C)cc2c1OCO2. The Hall–Kier alpha value is -1.46. The first kappa shape index (κ1) is 13.0. The molecule has 1 aliphatic rings. The fourth-order valence-corrected chi connectivity index (χ4v) is 1.95. The van der Waals surface area contributed by atoms with Gasteiger partial charge in [0.2, 0.25) is 12.5 Å². The number of aliphatic hydroxyl groups is 1. The lowest BCUT2D eigenvalue weighted by molar-refractivity contribution is 0.0978. The van der Waals surface area contributed by atoms with Gasteiger partial charge in [0.05, 0.1) is 19.3 Å². The number of benzene rings is 1. The molecule has 0 fully saturated rings. The zero-order valence-corrected chi connectivity index (χ0v) is 10.8. The van der Waals surface area contributed by atoms with Gasteiger partial charge in [-0.1, -0.05) is 13.8 Å². The fraction of sp³-hybridized carbons (Fsp3) is 0.538. The van der Waals surface area contributed by atoms with Crippen molar-refractivity contribution >= 4 is 0 Å². The highest BCUT2D eigenvalue weighted by molar-refractivity contribution is 5.55. The number of hydrogen-bond donors (Lipinski definition) is 2. The second-order valence-electron chi connectivity index (χ2n) is 4.72. The summed E-state index contributed by atoms with van der Waals surface area (Å²) in [5, 5.41) is 10.0. The summed E-state index contributed by atoms with van der Waals surface area (Å²) in [5.41, 5.74) is 6.83. The van der Waals surface area contributed by atoms with Gasteiger partial charge in [-0.05, 0) is 23.6 Å². The molecule has 1 aromatic rings. The van der Waals surface area contributed by atoms with Crippen LogP contribution in [-0.2, 0) is 0 Å². The molecule has 1 aliphatic heterocycles.